The molecule has 2 nitrogen and oxygen atoms in total. The molecule has 0 aliphatic heterocycles. The summed E-state index contributed by atoms with van der Waals surface area (Å²) in [7, 11) is 0. The second kappa shape index (κ2) is 5.21. The molecule has 0 fully saturated rings. The average Bonchev–Trinajstić information content (AvgIpc) is 2.89. The van der Waals surface area contributed by atoms with Crippen molar-refractivity contribution in [1.29, 1.82) is 0 Å². The Balaban J connectivity index is 1.75. The predicted octanol–water partition coefficient (Wildman–Crippen LogP) is 3.87. The number of rotatable bonds is 3. The van der Waals surface area contributed by atoms with E-state index in [2.05, 4.69) is 34.7 Å². The van der Waals surface area contributed by atoms with Gasteiger partial charge in [-0.2, -0.15) is 0 Å². The minimum atomic E-state index is 0.356. The summed E-state index contributed by atoms with van der Waals surface area (Å²) in [4.78, 5) is 5.76. The van der Waals surface area contributed by atoms with Crippen LogP contribution in [0.15, 0.2) is 36.0 Å². The highest BCUT2D eigenvalue weighted by Crippen LogP contribution is 2.34. The first kappa shape index (κ1) is 11.9. The Morgan fingerprint density at radius 2 is 2.39 bits per heavy atom. The molecule has 3 heteroatoms. The van der Waals surface area contributed by atoms with Gasteiger partial charge in [0.2, 0.25) is 0 Å². The van der Waals surface area contributed by atoms with Crippen LogP contribution in [0.3, 0.4) is 0 Å². The Labute approximate surface area is 112 Å². The lowest BCUT2D eigenvalue weighted by Gasteiger charge is -2.27. The molecule has 1 N–H and O–H groups in total. The van der Waals surface area contributed by atoms with E-state index in [0.717, 1.165) is 0 Å². The maximum absolute atomic E-state index is 4.20. The summed E-state index contributed by atoms with van der Waals surface area (Å²) in [6.45, 7) is 2.22. The van der Waals surface area contributed by atoms with E-state index in [9.17, 15) is 0 Å². The van der Waals surface area contributed by atoms with Gasteiger partial charge in [-0.25, -0.2) is 0 Å². The van der Waals surface area contributed by atoms with Gasteiger partial charge in [-0.1, -0.05) is 6.07 Å². The van der Waals surface area contributed by atoms with Crippen LogP contribution in [0.1, 0.15) is 47.9 Å². The topological polar surface area (TPSA) is 24.9 Å². The Hall–Kier alpha value is -1.19. The minimum absolute atomic E-state index is 0.356. The van der Waals surface area contributed by atoms with Crippen molar-refractivity contribution in [1.82, 2.24) is 10.3 Å². The number of thiophene rings is 1. The molecule has 1 aliphatic carbocycles. The third-order valence-electron chi connectivity index (χ3n) is 3.69. The predicted molar refractivity (Wildman–Crippen MR) is 75.8 cm³/mol. The molecule has 0 spiro atoms. The van der Waals surface area contributed by atoms with Gasteiger partial charge in [-0.05, 0) is 54.8 Å². The molecule has 0 bridgehead atoms. The van der Waals surface area contributed by atoms with Crippen molar-refractivity contribution < 1.29 is 0 Å². The summed E-state index contributed by atoms with van der Waals surface area (Å²) in [6.07, 6.45) is 7.58. The standard InChI is InChI=1S/C15H18N2S/c1-11(12-4-3-8-16-10-12)17-14-5-2-6-15-13(14)7-9-18-15/h3-4,7-11,14,17H,2,5-6H2,1H3/t11-,14?/m0/s1. The third kappa shape index (κ3) is 2.33. The van der Waals surface area contributed by atoms with Crippen molar-refractivity contribution in [3.05, 3.63) is 52.0 Å². The van der Waals surface area contributed by atoms with E-state index in [1.54, 1.807) is 4.88 Å². The van der Waals surface area contributed by atoms with Crippen LogP contribution in [0.2, 0.25) is 0 Å². The molecular weight excluding hydrogens is 240 g/mol. The van der Waals surface area contributed by atoms with Crippen molar-refractivity contribution in [3.63, 3.8) is 0 Å². The van der Waals surface area contributed by atoms with E-state index in [4.69, 9.17) is 0 Å². The summed E-state index contributed by atoms with van der Waals surface area (Å²) in [5.41, 5.74) is 2.78. The number of pyridine rings is 1. The number of hydrogen-bond donors (Lipinski definition) is 1. The van der Waals surface area contributed by atoms with E-state index >= 15 is 0 Å². The van der Waals surface area contributed by atoms with Crippen LogP contribution in [0.4, 0.5) is 0 Å². The lowest BCUT2D eigenvalue weighted by molar-refractivity contribution is 0.418. The molecule has 2 aromatic heterocycles. The number of fused-ring (bicyclic) bond motifs is 1. The van der Waals surface area contributed by atoms with Gasteiger partial charge >= 0.3 is 0 Å². The zero-order valence-corrected chi connectivity index (χ0v) is 11.4. The fourth-order valence-corrected chi connectivity index (χ4v) is 3.68. The van der Waals surface area contributed by atoms with Crippen molar-refractivity contribution >= 4 is 11.3 Å². The van der Waals surface area contributed by atoms with Crippen molar-refractivity contribution in [3.8, 4) is 0 Å². The van der Waals surface area contributed by atoms with E-state index in [1.807, 2.05) is 29.8 Å². The van der Waals surface area contributed by atoms with Crippen molar-refractivity contribution in [2.45, 2.75) is 38.3 Å². The van der Waals surface area contributed by atoms with Crippen LogP contribution in [0, 0.1) is 0 Å². The normalized spacial score (nSPS) is 20.4. The first-order chi connectivity index (χ1) is 8.84. The first-order valence-corrected chi connectivity index (χ1v) is 7.45. The van der Waals surface area contributed by atoms with Gasteiger partial charge in [0.1, 0.15) is 0 Å². The molecule has 18 heavy (non-hydrogen) atoms. The zero-order valence-electron chi connectivity index (χ0n) is 10.6. The van der Waals surface area contributed by atoms with Crippen LogP contribution in [0.5, 0.6) is 0 Å². The monoisotopic (exact) mass is 258 g/mol. The molecule has 2 aromatic rings. The minimum Gasteiger partial charge on any atom is -0.303 e. The quantitative estimate of drug-likeness (QED) is 0.904. The Bertz CT molecular complexity index is 506. The largest absolute Gasteiger partial charge is 0.303 e. The fraction of sp³-hybridized carbons (Fsp3) is 0.400. The lowest BCUT2D eigenvalue weighted by atomic mass is 9.93. The highest BCUT2D eigenvalue weighted by atomic mass is 32.1. The Kier molecular flexibility index (Phi) is 3.43. The average molecular weight is 258 g/mol. The maximum atomic E-state index is 4.20. The van der Waals surface area contributed by atoms with Gasteiger partial charge in [0.25, 0.3) is 0 Å². The second-order valence-corrected chi connectivity index (χ2v) is 5.92. The Morgan fingerprint density at radius 3 is 3.22 bits per heavy atom. The molecule has 0 aromatic carbocycles. The van der Waals surface area contributed by atoms with Crippen molar-refractivity contribution in [2.75, 3.05) is 0 Å². The summed E-state index contributed by atoms with van der Waals surface area (Å²) < 4.78 is 0. The van der Waals surface area contributed by atoms with E-state index in [-0.39, 0.29) is 0 Å². The molecular formula is C15H18N2S. The molecule has 0 amide bonds. The third-order valence-corrected chi connectivity index (χ3v) is 4.68. The van der Waals surface area contributed by atoms with Gasteiger partial charge in [-0.3, -0.25) is 4.98 Å². The van der Waals surface area contributed by atoms with Gasteiger partial charge in [0.15, 0.2) is 0 Å². The first-order valence-electron chi connectivity index (χ1n) is 6.57. The number of aryl methyl sites for hydroxylation is 1. The summed E-state index contributed by atoms with van der Waals surface area (Å²) in [5.74, 6) is 0. The molecule has 1 unspecified atom stereocenters. The van der Waals surface area contributed by atoms with Crippen LogP contribution >= 0.6 is 11.3 Å². The van der Waals surface area contributed by atoms with E-state index in [0.29, 0.717) is 12.1 Å². The molecule has 0 saturated heterocycles. The molecule has 3 rings (SSSR count). The number of nitrogens with zero attached hydrogens (tertiary/aromatic N) is 1. The van der Waals surface area contributed by atoms with Gasteiger partial charge in [0.05, 0.1) is 0 Å². The lowest BCUT2D eigenvalue weighted by Crippen LogP contribution is -2.27. The second-order valence-electron chi connectivity index (χ2n) is 4.92. The smallest absolute Gasteiger partial charge is 0.0336 e. The molecule has 2 atom stereocenters. The van der Waals surface area contributed by atoms with Gasteiger partial charge < -0.3 is 5.32 Å². The summed E-state index contributed by atoms with van der Waals surface area (Å²) >= 11 is 1.90. The highest BCUT2D eigenvalue weighted by Gasteiger charge is 2.22. The van der Waals surface area contributed by atoms with Gasteiger partial charge in [-0.15, -0.1) is 11.3 Å². The summed E-state index contributed by atoms with van der Waals surface area (Å²) in [6, 6.07) is 7.30. The summed E-state index contributed by atoms with van der Waals surface area (Å²) in [5, 5.41) is 5.97. The SMILES string of the molecule is C[C@H](NC1CCCc2sccc21)c1cccnc1. The number of aromatic nitrogens is 1. The zero-order chi connectivity index (χ0) is 12.4. The maximum Gasteiger partial charge on any atom is 0.0336 e. The van der Waals surface area contributed by atoms with Crippen LogP contribution in [-0.2, 0) is 6.42 Å². The van der Waals surface area contributed by atoms with Gasteiger partial charge in [0, 0.05) is 29.4 Å². The molecule has 0 saturated carbocycles. The Morgan fingerprint density at radius 1 is 1.44 bits per heavy atom. The number of nitrogens with one attached hydrogen (secondary N) is 1. The van der Waals surface area contributed by atoms with Crippen molar-refractivity contribution in [2.24, 2.45) is 0 Å². The number of hydrogen-bond acceptors (Lipinski definition) is 3. The van der Waals surface area contributed by atoms with Crippen LogP contribution in [0.25, 0.3) is 0 Å². The fourth-order valence-electron chi connectivity index (χ4n) is 2.69. The molecule has 1 aliphatic rings. The van der Waals surface area contributed by atoms with Crippen LogP contribution in [-0.4, -0.2) is 4.98 Å². The molecule has 94 valence electrons. The molecule has 2 heterocycles. The van der Waals surface area contributed by atoms with E-state index < -0.39 is 0 Å². The highest BCUT2D eigenvalue weighted by molar-refractivity contribution is 7.10. The molecule has 0 radical (unpaired) electrons. The van der Waals surface area contributed by atoms with Crippen LogP contribution < -0.4 is 5.32 Å². The van der Waals surface area contributed by atoms with E-state index in [1.165, 1.54) is 30.4 Å².